The van der Waals surface area contributed by atoms with Crippen molar-refractivity contribution in [3.05, 3.63) is 0 Å². The third-order valence-corrected chi connectivity index (χ3v) is 7.09. The van der Waals surface area contributed by atoms with Gasteiger partial charge in [0.2, 0.25) is 12.2 Å². The van der Waals surface area contributed by atoms with Crippen LogP contribution in [0.2, 0.25) is 0 Å². The third-order valence-electron chi connectivity index (χ3n) is 7.09. The van der Waals surface area contributed by atoms with Gasteiger partial charge in [0.05, 0.1) is 34.9 Å². The predicted octanol–water partition coefficient (Wildman–Crippen LogP) is 2.11. The number of hydrogen-bond acceptors (Lipinski definition) is 7. The van der Waals surface area contributed by atoms with Crippen molar-refractivity contribution in [3.63, 3.8) is 0 Å². The summed E-state index contributed by atoms with van der Waals surface area (Å²) < 4.78 is 21.6. The molecule has 0 heterocycles. The minimum atomic E-state index is -1.37. The molecule has 3 atom stereocenters. The molecule has 11 heteroatoms. The molecular formula is C31H62IN3O7. The van der Waals surface area contributed by atoms with Crippen LogP contribution >= 0.6 is 0 Å². The molecule has 0 aromatic carbocycles. The van der Waals surface area contributed by atoms with Gasteiger partial charge in [0.15, 0.2) is 0 Å². The summed E-state index contributed by atoms with van der Waals surface area (Å²) in [5.74, 6) is -1.40. The summed E-state index contributed by atoms with van der Waals surface area (Å²) in [5, 5.41) is 2.68. The lowest BCUT2D eigenvalue weighted by Crippen LogP contribution is -3.00. The number of alkyl carbamates (subject to hydrolysis) is 1. The van der Waals surface area contributed by atoms with Gasteiger partial charge in [-0.3, -0.25) is 4.79 Å². The molecule has 0 aliphatic carbocycles. The van der Waals surface area contributed by atoms with Crippen molar-refractivity contribution in [2.24, 2.45) is 5.73 Å². The smallest absolute Gasteiger partial charge is 0.408 e. The monoisotopic (exact) mass is 715 g/mol. The molecular weight excluding hydrogens is 653 g/mol. The van der Waals surface area contributed by atoms with Crippen molar-refractivity contribution < 1.29 is 61.8 Å². The first-order chi connectivity index (χ1) is 19.6. The van der Waals surface area contributed by atoms with Crippen LogP contribution in [0.25, 0.3) is 0 Å². The van der Waals surface area contributed by atoms with Gasteiger partial charge >= 0.3 is 12.1 Å². The molecule has 0 saturated carbocycles. The van der Waals surface area contributed by atoms with Gasteiger partial charge in [0, 0.05) is 13.7 Å². The summed E-state index contributed by atoms with van der Waals surface area (Å²) in [6.45, 7) is 2.86. The molecule has 0 aliphatic heterocycles. The Hall–Kier alpha value is -1.18. The number of unbranched alkanes of at least 4 members (excludes halogenated alkanes) is 15. The van der Waals surface area contributed by atoms with E-state index in [1.807, 2.05) is 21.1 Å². The number of halogens is 1. The fourth-order valence-corrected chi connectivity index (χ4v) is 4.65. The number of esters is 1. The molecule has 42 heavy (non-hydrogen) atoms. The number of methoxy groups -OCH3 is 2. The summed E-state index contributed by atoms with van der Waals surface area (Å²) >= 11 is 0. The van der Waals surface area contributed by atoms with E-state index in [2.05, 4.69) is 12.2 Å². The normalized spacial score (nSPS) is 13.5. The van der Waals surface area contributed by atoms with Crippen LogP contribution in [0.15, 0.2) is 0 Å². The van der Waals surface area contributed by atoms with E-state index < -0.39 is 36.3 Å². The van der Waals surface area contributed by atoms with Crippen LogP contribution < -0.4 is 35.0 Å². The Bertz CT molecular complexity index is 692. The van der Waals surface area contributed by atoms with Crippen LogP contribution in [-0.4, -0.2) is 95.8 Å². The molecule has 2 amide bonds. The largest absolute Gasteiger partial charge is 1.00 e. The molecule has 3 unspecified atom stereocenters. The quantitative estimate of drug-likeness (QED) is 0.0578. The van der Waals surface area contributed by atoms with Gasteiger partial charge in [0.25, 0.3) is 5.91 Å². The van der Waals surface area contributed by atoms with Crippen LogP contribution in [0, 0.1) is 0 Å². The average Bonchev–Trinajstić information content (AvgIpc) is 2.92. The Morgan fingerprint density at radius 3 is 1.60 bits per heavy atom. The molecule has 0 fully saturated rings. The number of ether oxygens (including phenoxy) is 4. The van der Waals surface area contributed by atoms with E-state index in [1.165, 1.54) is 97.7 Å². The molecule has 3 N–H and O–H groups in total. The molecule has 10 nitrogen and oxygen atoms in total. The molecule has 0 aromatic rings. The Kier molecular flexibility index (Phi) is 28.0. The second-order valence-corrected chi connectivity index (χ2v) is 12.1. The number of quaternary nitrogens is 1. The Morgan fingerprint density at radius 1 is 0.762 bits per heavy atom. The van der Waals surface area contributed by atoms with Crippen LogP contribution in [0.1, 0.15) is 110 Å². The number of primary amides is 1. The minimum absolute atomic E-state index is 0. The summed E-state index contributed by atoms with van der Waals surface area (Å²) in [5.41, 5.74) is 5.48. The van der Waals surface area contributed by atoms with Gasteiger partial charge in [-0.25, -0.2) is 9.59 Å². The first kappa shape index (κ1) is 43.0. The molecule has 250 valence electrons. The number of nitrogens with zero attached hydrogens (tertiary/aromatic N) is 1. The van der Waals surface area contributed by atoms with Gasteiger partial charge in [0.1, 0.15) is 12.6 Å². The van der Waals surface area contributed by atoms with E-state index in [0.29, 0.717) is 17.6 Å². The first-order valence-electron chi connectivity index (χ1n) is 15.8. The molecule has 0 radical (unpaired) electrons. The zero-order valence-corrected chi connectivity index (χ0v) is 29.6. The van der Waals surface area contributed by atoms with Crippen molar-refractivity contribution in [1.29, 1.82) is 0 Å². The molecule has 0 aromatic heterocycles. The van der Waals surface area contributed by atoms with Gasteiger partial charge in [-0.05, 0) is 6.42 Å². The van der Waals surface area contributed by atoms with Crippen molar-refractivity contribution in [2.75, 3.05) is 55.1 Å². The maximum atomic E-state index is 12.3. The number of hydrogen-bond donors (Lipinski definition) is 2. The topological polar surface area (TPSA) is 126 Å². The first-order valence-corrected chi connectivity index (χ1v) is 15.8. The lowest BCUT2D eigenvalue weighted by molar-refractivity contribution is -0.872. The average molecular weight is 716 g/mol. The highest BCUT2D eigenvalue weighted by molar-refractivity contribution is 5.82. The Balaban J connectivity index is 0. The van der Waals surface area contributed by atoms with Gasteiger partial charge in [-0.1, -0.05) is 103 Å². The fourth-order valence-electron chi connectivity index (χ4n) is 4.65. The summed E-state index contributed by atoms with van der Waals surface area (Å²) in [6.07, 6.45) is 16.5. The molecule has 0 spiro atoms. The number of nitrogens with two attached hydrogens (primary N) is 1. The van der Waals surface area contributed by atoms with Crippen molar-refractivity contribution in [3.8, 4) is 0 Å². The third kappa shape index (κ3) is 24.3. The predicted molar refractivity (Wildman–Crippen MR) is 162 cm³/mol. The van der Waals surface area contributed by atoms with E-state index in [9.17, 15) is 14.4 Å². The highest BCUT2D eigenvalue weighted by Crippen LogP contribution is 2.14. The SMILES string of the molecule is CCCCCCCCCCCCCCCCCCNC(=O)OC(C(N)=O)C(COC(C[N+](C)(C)C)C(=O)OC)OC.[I-]. The second-order valence-electron chi connectivity index (χ2n) is 12.1. The van der Waals surface area contributed by atoms with Crippen molar-refractivity contribution in [2.45, 2.75) is 128 Å². The van der Waals surface area contributed by atoms with E-state index in [0.717, 1.165) is 19.3 Å². The number of nitrogens with one attached hydrogen (secondary N) is 1. The lowest BCUT2D eigenvalue weighted by Gasteiger charge is -2.29. The van der Waals surface area contributed by atoms with E-state index in [4.69, 9.17) is 24.7 Å². The second kappa shape index (κ2) is 27.4. The highest BCUT2D eigenvalue weighted by Gasteiger charge is 2.34. The minimum Gasteiger partial charge on any atom is -1.00 e. The Labute approximate surface area is 273 Å². The van der Waals surface area contributed by atoms with E-state index >= 15 is 0 Å². The summed E-state index contributed by atoms with van der Waals surface area (Å²) in [4.78, 5) is 36.4. The number of amides is 2. The van der Waals surface area contributed by atoms with Crippen LogP contribution in [0.5, 0.6) is 0 Å². The molecule has 0 bridgehead atoms. The number of carbonyl (C=O) groups is 3. The van der Waals surface area contributed by atoms with Crippen molar-refractivity contribution >= 4 is 18.0 Å². The van der Waals surface area contributed by atoms with Gasteiger partial charge in [-0.2, -0.15) is 0 Å². The molecule has 0 rings (SSSR count). The zero-order valence-electron chi connectivity index (χ0n) is 27.4. The Morgan fingerprint density at radius 2 is 1.21 bits per heavy atom. The van der Waals surface area contributed by atoms with Crippen LogP contribution in [0.3, 0.4) is 0 Å². The van der Waals surface area contributed by atoms with E-state index in [-0.39, 0.29) is 30.6 Å². The van der Waals surface area contributed by atoms with Crippen molar-refractivity contribution in [1.82, 2.24) is 5.32 Å². The van der Waals surface area contributed by atoms with Gasteiger partial charge < -0.3 is 58.5 Å². The summed E-state index contributed by atoms with van der Waals surface area (Å²) in [6, 6.07) is 0. The summed E-state index contributed by atoms with van der Waals surface area (Å²) in [7, 11) is 8.36. The highest BCUT2D eigenvalue weighted by atomic mass is 127. The van der Waals surface area contributed by atoms with Crippen LogP contribution in [0.4, 0.5) is 4.79 Å². The van der Waals surface area contributed by atoms with Crippen LogP contribution in [-0.2, 0) is 28.5 Å². The number of likely N-dealkylation sites (N-methyl/N-ethyl adjacent to an activating group) is 1. The van der Waals surface area contributed by atoms with Gasteiger partial charge in [-0.15, -0.1) is 0 Å². The number of carbonyl (C=O) groups excluding carboxylic acids is 3. The molecule has 0 saturated heterocycles. The maximum absolute atomic E-state index is 12.3. The van der Waals surface area contributed by atoms with E-state index in [1.54, 1.807) is 0 Å². The lowest BCUT2D eigenvalue weighted by atomic mass is 10.0. The fraction of sp³-hybridized carbons (Fsp3) is 0.903. The maximum Gasteiger partial charge on any atom is 0.408 e. The number of rotatable bonds is 27. The molecule has 0 aliphatic rings. The zero-order chi connectivity index (χ0) is 30.9. The standard InChI is InChI=1S/C31H61N3O7.HI/c1-7-8-9-10-11-12-13-14-15-16-17-18-19-20-21-22-23-33-31(37)41-28(29(32)35)27(38-5)25-40-26(30(36)39-6)24-34(2,3)4;/h26-28H,7-25H2,1-6H3,(H2-,32,33,35,37);1H.